The number of aliphatic carboxylic acids is 1. The van der Waals surface area contributed by atoms with Crippen LogP contribution < -0.4 is 5.32 Å². The first kappa shape index (κ1) is 12.0. The Morgan fingerprint density at radius 2 is 1.89 bits per heavy atom. The summed E-state index contributed by atoms with van der Waals surface area (Å²) in [5, 5.41) is 22.4. The van der Waals surface area contributed by atoms with Crippen LogP contribution in [-0.4, -0.2) is 34.2 Å². The second-order valence-corrected chi connectivity index (χ2v) is 6.60. The van der Waals surface area contributed by atoms with E-state index in [1.54, 1.807) is 0 Å². The quantitative estimate of drug-likeness (QED) is 0.637. The molecule has 4 fully saturated rings. The third-order valence-corrected chi connectivity index (χ3v) is 5.17. The zero-order valence-electron chi connectivity index (χ0n) is 10.3. The number of aliphatic hydroxyl groups is 1. The average molecular weight is 253 g/mol. The van der Waals surface area contributed by atoms with E-state index in [-0.39, 0.29) is 0 Å². The molecule has 4 bridgehead atoms. The van der Waals surface area contributed by atoms with Crippen LogP contribution in [0.25, 0.3) is 0 Å². The number of carbonyl (C=O) groups is 2. The first-order valence-electron chi connectivity index (χ1n) is 6.61. The number of rotatable bonds is 4. The first-order chi connectivity index (χ1) is 8.46. The topological polar surface area (TPSA) is 86.6 Å². The van der Waals surface area contributed by atoms with Crippen molar-refractivity contribution in [3.8, 4) is 0 Å². The summed E-state index contributed by atoms with van der Waals surface area (Å²) in [6.45, 7) is 0. The zero-order chi connectivity index (χ0) is 13.0. The van der Waals surface area contributed by atoms with E-state index in [4.69, 9.17) is 0 Å². The number of hydrogen-bond donors (Lipinski definition) is 3. The third kappa shape index (κ3) is 1.64. The molecule has 0 spiro atoms. The molecule has 0 heterocycles. The molecule has 0 aliphatic heterocycles. The molecular weight excluding hydrogens is 234 g/mol. The average Bonchev–Trinajstić information content (AvgIpc) is 2.21. The molecule has 4 aliphatic carbocycles. The van der Waals surface area contributed by atoms with Crippen molar-refractivity contribution < 1.29 is 19.8 Å². The third-order valence-electron chi connectivity index (χ3n) is 5.17. The minimum Gasteiger partial charge on any atom is -0.480 e. The van der Waals surface area contributed by atoms with E-state index in [1.807, 2.05) is 0 Å². The van der Waals surface area contributed by atoms with Crippen molar-refractivity contribution in [1.82, 2.24) is 5.32 Å². The largest absolute Gasteiger partial charge is 0.480 e. The molecule has 0 aromatic heterocycles. The van der Waals surface area contributed by atoms with Gasteiger partial charge in [-0.15, -0.1) is 0 Å². The van der Waals surface area contributed by atoms with Gasteiger partial charge in [0.2, 0.25) is 6.41 Å². The summed E-state index contributed by atoms with van der Waals surface area (Å²) in [5.74, 6) is -0.134. The molecule has 4 rings (SSSR count). The van der Waals surface area contributed by atoms with Gasteiger partial charge in [0, 0.05) is 5.41 Å². The number of amides is 1. The highest BCUT2D eigenvalue weighted by Crippen LogP contribution is 2.62. The molecule has 1 amide bonds. The van der Waals surface area contributed by atoms with Crippen molar-refractivity contribution >= 4 is 12.4 Å². The molecule has 5 heteroatoms. The monoisotopic (exact) mass is 253 g/mol. The van der Waals surface area contributed by atoms with E-state index in [1.165, 1.54) is 0 Å². The molecular formula is C13H19NO4. The zero-order valence-corrected chi connectivity index (χ0v) is 10.3. The molecule has 3 atom stereocenters. The predicted molar refractivity (Wildman–Crippen MR) is 62.7 cm³/mol. The van der Waals surface area contributed by atoms with Crippen LogP contribution in [-0.2, 0) is 9.59 Å². The molecule has 4 saturated carbocycles. The SMILES string of the molecule is O=CN[C@H](C(=O)O)C12CC3CC(CC(O)(C3)C1)C2. The molecule has 2 unspecified atom stereocenters. The smallest absolute Gasteiger partial charge is 0.326 e. The van der Waals surface area contributed by atoms with Gasteiger partial charge in [-0.25, -0.2) is 4.79 Å². The fourth-order valence-corrected chi connectivity index (χ4v) is 5.20. The Labute approximate surface area is 106 Å². The van der Waals surface area contributed by atoms with Crippen LogP contribution in [0, 0.1) is 17.3 Å². The highest BCUT2D eigenvalue weighted by atomic mass is 16.4. The van der Waals surface area contributed by atoms with Crippen LogP contribution in [0.2, 0.25) is 0 Å². The van der Waals surface area contributed by atoms with Crippen LogP contribution in [0.3, 0.4) is 0 Å². The number of carboxylic acids is 1. The van der Waals surface area contributed by atoms with Crippen LogP contribution in [0.4, 0.5) is 0 Å². The minimum atomic E-state index is -0.979. The number of carboxylic acid groups (broad SMARTS) is 1. The fourth-order valence-electron chi connectivity index (χ4n) is 5.20. The van der Waals surface area contributed by atoms with E-state index in [0.29, 0.717) is 24.7 Å². The van der Waals surface area contributed by atoms with Gasteiger partial charge in [0.1, 0.15) is 6.04 Å². The van der Waals surface area contributed by atoms with Gasteiger partial charge in [0.05, 0.1) is 5.60 Å². The van der Waals surface area contributed by atoms with E-state index in [0.717, 1.165) is 32.1 Å². The van der Waals surface area contributed by atoms with E-state index in [9.17, 15) is 19.8 Å². The van der Waals surface area contributed by atoms with Gasteiger partial charge in [-0.1, -0.05) is 0 Å². The highest BCUT2D eigenvalue weighted by molar-refractivity contribution is 5.77. The Balaban J connectivity index is 1.94. The second-order valence-electron chi connectivity index (χ2n) is 6.60. The van der Waals surface area contributed by atoms with Crippen LogP contribution in [0.5, 0.6) is 0 Å². The van der Waals surface area contributed by atoms with Crippen LogP contribution in [0.15, 0.2) is 0 Å². The lowest BCUT2D eigenvalue weighted by molar-refractivity contribution is -0.183. The summed E-state index contributed by atoms with van der Waals surface area (Å²) in [6.07, 6.45) is 5.36. The van der Waals surface area contributed by atoms with Gasteiger partial charge in [-0.05, 0) is 50.4 Å². The van der Waals surface area contributed by atoms with Crippen molar-refractivity contribution in [3.05, 3.63) is 0 Å². The van der Waals surface area contributed by atoms with Gasteiger partial charge in [0.25, 0.3) is 0 Å². The molecule has 0 saturated heterocycles. The number of hydrogen-bond acceptors (Lipinski definition) is 3. The van der Waals surface area contributed by atoms with E-state index in [2.05, 4.69) is 5.32 Å². The second kappa shape index (κ2) is 3.70. The number of nitrogens with one attached hydrogen (secondary N) is 1. The van der Waals surface area contributed by atoms with Crippen molar-refractivity contribution in [2.75, 3.05) is 0 Å². The molecule has 0 aromatic carbocycles. The van der Waals surface area contributed by atoms with E-state index < -0.39 is 23.0 Å². The lowest BCUT2D eigenvalue weighted by Gasteiger charge is -2.61. The molecule has 18 heavy (non-hydrogen) atoms. The standard InChI is InChI=1S/C13H19NO4/c15-7-14-10(11(16)17)12-2-8-1-9(3-12)5-13(18,4-8)6-12/h7-10,18H,1-6H2,(H,14,15)(H,16,17)/t8?,9?,10-,12?,13?/m1/s1. The van der Waals surface area contributed by atoms with Crippen molar-refractivity contribution in [2.45, 2.75) is 50.2 Å². The van der Waals surface area contributed by atoms with E-state index >= 15 is 0 Å². The van der Waals surface area contributed by atoms with Gasteiger partial charge < -0.3 is 15.5 Å². The Morgan fingerprint density at radius 3 is 2.33 bits per heavy atom. The van der Waals surface area contributed by atoms with Gasteiger partial charge in [-0.2, -0.15) is 0 Å². The molecule has 4 aliphatic rings. The molecule has 0 radical (unpaired) electrons. The summed E-state index contributed by atoms with van der Waals surface area (Å²) in [4.78, 5) is 22.1. The van der Waals surface area contributed by atoms with Crippen LogP contribution >= 0.6 is 0 Å². The van der Waals surface area contributed by atoms with Gasteiger partial charge in [-0.3, -0.25) is 4.79 Å². The normalized spacial score (nSPS) is 46.7. The minimum absolute atomic E-state index is 0.423. The van der Waals surface area contributed by atoms with Crippen molar-refractivity contribution in [3.63, 3.8) is 0 Å². The maximum Gasteiger partial charge on any atom is 0.326 e. The summed E-state index contributed by atoms with van der Waals surface area (Å²) < 4.78 is 0. The lowest BCUT2D eigenvalue weighted by Crippen LogP contribution is -2.63. The Bertz CT molecular complexity index is 380. The fraction of sp³-hybridized carbons (Fsp3) is 0.846. The summed E-state index contributed by atoms with van der Waals surface area (Å²) in [5.41, 5.74) is -1.13. The van der Waals surface area contributed by atoms with Crippen molar-refractivity contribution in [2.24, 2.45) is 17.3 Å². The molecule has 5 nitrogen and oxygen atoms in total. The molecule has 100 valence electrons. The summed E-state index contributed by atoms with van der Waals surface area (Å²) in [6, 6.07) is -0.854. The Kier molecular flexibility index (Phi) is 2.46. The lowest BCUT2D eigenvalue weighted by atomic mass is 9.46. The Morgan fingerprint density at radius 1 is 1.28 bits per heavy atom. The first-order valence-corrected chi connectivity index (χ1v) is 6.61. The highest BCUT2D eigenvalue weighted by Gasteiger charge is 2.61. The van der Waals surface area contributed by atoms with Crippen LogP contribution in [0.1, 0.15) is 38.5 Å². The number of carbonyl (C=O) groups excluding carboxylic acids is 1. The summed E-state index contributed by atoms with van der Waals surface area (Å²) in [7, 11) is 0. The summed E-state index contributed by atoms with van der Waals surface area (Å²) >= 11 is 0. The Hall–Kier alpha value is -1.10. The van der Waals surface area contributed by atoms with Gasteiger partial charge in [0.15, 0.2) is 0 Å². The maximum absolute atomic E-state index is 11.4. The molecule has 0 aromatic rings. The predicted octanol–water partition coefficient (Wildman–Crippen LogP) is 0.517. The van der Waals surface area contributed by atoms with Gasteiger partial charge >= 0.3 is 5.97 Å². The maximum atomic E-state index is 11.4. The van der Waals surface area contributed by atoms with Crippen molar-refractivity contribution in [1.29, 1.82) is 0 Å². The molecule has 3 N–H and O–H groups in total.